The van der Waals surface area contributed by atoms with E-state index in [0.717, 1.165) is 28.5 Å². The number of ether oxygens (including phenoxy) is 3. The van der Waals surface area contributed by atoms with E-state index >= 15 is 0 Å². The molecule has 2 aromatic rings. The second-order valence-electron chi connectivity index (χ2n) is 5.63. The van der Waals surface area contributed by atoms with Crippen molar-refractivity contribution in [3.8, 4) is 17.2 Å². The minimum Gasteiger partial charge on any atom is -0.497 e. The monoisotopic (exact) mass is 344 g/mol. The van der Waals surface area contributed by atoms with Crippen LogP contribution in [-0.4, -0.2) is 45.7 Å². The molecule has 0 radical (unpaired) electrons. The average Bonchev–Trinajstić information content (AvgIpc) is 2.62. The van der Waals surface area contributed by atoms with Crippen molar-refractivity contribution in [3.63, 3.8) is 0 Å². The van der Waals surface area contributed by atoms with Crippen LogP contribution in [0.3, 0.4) is 0 Å². The van der Waals surface area contributed by atoms with E-state index in [2.05, 4.69) is 5.32 Å². The summed E-state index contributed by atoms with van der Waals surface area (Å²) >= 11 is 0. The summed E-state index contributed by atoms with van der Waals surface area (Å²) < 4.78 is 15.7. The first-order valence-electron chi connectivity index (χ1n) is 7.89. The summed E-state index contributed by atoms with van der Waals surface area (Å²) in [7, 11) is 6.74. The molecule has 0 heterocycles. The van der Waals surface area contributed by atoms with Gasteiger partial charge >= 0.3 is 0 Å². The van der Waals surface area contributed by atoms with Crippen molar-refractivity contribution in [2.24, 2.45) is 0 Å². The lowest BCUT2D eigenvalue weighted by atomic mass is 10.1. The smallest absolute Gasteiger partial charge is 0.238 e. The highest BCUT2D eigenvalue weighted by Crippen LogP contribution is 2.25. The molecule has 6 heteroatoms. The Hall–Kier alpha value is -2.73. The van der Waals surface area contributed by atoms with Crippen LogP contribution in [0.25, 0.3) is 0 Å². The molecule has 0 aromatic heterocycles. The van der Waals surface area contributed by atoms with E-state index < -0.39 is 0 Å². The lowest BCUT2D eigenvalue weighted by molar-refractivity contribution is -0.117. The van der Waals surface area contributed by atoms with E-state index in [-0.39, 0.29) is 12.5 Å². The third kappa shape index (κ3) is 5.39. The van der Waals surface area contributed by atoms with Crippen LogP contribution in [0.2, 0.25) is 0 Å². The van der Waals surface area contributed by atoms with E-state index in [9.17, 15) is 4.79 Å². The molecule has 1 amide bonds. The van der Waals surface area contributed by atoms with Crippen LogP contribution in [0.1, 0.15) is 5.56 Å². The van der Waals surface area contributed by atoms with Crippen molar-refractivity contribution in [2.75, 3.05) is 40.2 Å². The third-order valence-electron chi connectivity index (χ3n) is 3.72. The topological polar surface area (TPSA) is 60.0 Å². The van der Waals surface area contributed by atoms with Crippen molar-refractivity contribution >= 4 is 11.6 Å². The normalized spacial score (nSPS) is 10.4. The Morgan fingerprint density at radius 2 is 1.60 bits per heavy atom. The fourth-order valence-electron chi connectivity index (χ4n) is 2.47. The van der Waals surface area contributed by atoms with Crippen molar-refractivity contribution in [1.82, 2.24) is 4.90 Å². The average molecular weight is 344 g/mol. The molecule has 0 atom stereocenters. The summed E-state index contributed by atoms with van der Waals surface area (Å²) in [5.41, 5.74) is 1.69. The SMILES string of the molecule is COc1ccc(NC(=O)CN(C)Cc2cc(OC)ccc2OC)cc1. The maximum Gasteiger partial charge on any atom is 0.238 e. The number of anilines is 1. The zero-order valence-corrected chi connectivity index (χ0v) is 15.0. The maximum atomic E-state index is 12.2. The molecule has 1 N–H and O–H groups in total. The summed E-state index contributed by atoms with van der Waals surface area (Å²) in [5, 5.41) is 2.87. The first-order chi connectivity index (χ1) is 12.0. The standard InChI is InChI=1S/C19H24N2O4/c1-21(12-14-11-17(24-3)9-10-18(14)25-4)13-19(22)20-15-5-7-16(23-2)8-6-15/h5-11H,12-13H2,1-4H3,(H,20,22). The van der Waals surface area contributed by atoms with Crippen LogP contribution < -0.4 is 19.5 Å². The van der Waals surface area contributed by atoms with Gasteiger partial charge in [-0.2, -0.15) is 0 Å². The second kappa shape index (κ2) is 8.94. The Morgan fingerprint density at radius 3 is 2.20 bits per heavy atom. The van der Waals surface area contributed by atoms with Gasteiger partial charge in [-0.15, -0.1) is 0 Å². The molecule has 0 aliphatic carbocycles. The number of methoxy groups -OCH3 is 3. The van der Waals surface area contributed by atoms with Gasteiger partial charge in [0, 0.05) is 17.8 Å². The Balaban J connectivity index is 1.94. The predicted molar refractivity (Wildman–Crippen MR) is 97.5 cm³/mol. The molecule has 25 heavy (non-hydrogen) atoms. The molecule has 0 spiro atoms. The zero-order chi connectivity index (χ0) is 18.2. The van der Waals surface area contributed by atoms with Gasteiger partial charge in [0.15, 0.2) is 0 Å². The Bertz CT molecular complexity index is 701. The fourth-order valence-corrected chi connectivity index (χ4v) is 2.47. The molecule has 0 aliphatic heterocycles. The van der Waals surface area contributed by atoms with Gasteiger partial charge in [-0.05, 0) is 49.5 Å². The van der Waals surface area contributed by atoms with Gasteiger partial charge in [0.2, 0.25) is 5.91 Å². The second-order valence-corrected chi connectivity index (χ2v) is 5.63. The highest BCUT2D eigenvalue weighted by molar-refractivity contribution is 5.92. The summed E-state index contributed by atoms with van der Waals surface area (Å²) in [4.78, 5) is 14.1. The van der Waals surface area contributed by atoms with Crippen molar-refractivity contribution in [1.29, 1.82) is 0 Å². The molecule has 0 saturated heterocycles. The molecule has 0 bridgehead atoms. The number of benzene rings is 2. The number of rotatable bonds is 8. The Kier molecular flexibility index (Phi) is 6.65. The van der Waals surface area contributed by atoms with Crippen LogP contribution in [0.5, 0.6) is 17.2 Å². The first kappa shape index (κ1) is 18.6. The first-order valence-corrected chi connectivity index (χ1v) is 7.89. The predicted octanol–water partition coefficient (Wildman–Crippen LogP) is 2.78. The molecular weight excluding hydrogens is 320 g/mol. The van der Waals surface area contributed by atoms with Crippen molar-refractivity contribution < 1.29 is 19.0 Å². The minimum atomic E-state index is -0.0884. The van der Waals surface area contributed by atoms with Crippen molar-refractivity contribution in [3.05, 3.63) is 48.0 Å². The van der Waals surface area contributed by atoms with E-state index in [1.807, 2.05) is 42.3 Å². The molecule has 2 rings (SSSR count). The van der Waals surface area contributed by atoms with Crippen LogP contribution in [0.15, 0.2) is 42.5 Å². The molecule has 0 aliphatic rings. The molecule has 0 fully saturated rings. The summed E-state index contributed by atoms with van der Waals surface area (Å²) in [6.45, 7) is 0.822. The van der Waals surface area contributed by atoms with Gasteiger partial charge in [0.1, 0.15) is 17.2 Å². The highest BCUT2D eigenvalue weighted by atomic mass is 16.5. The van der Waals surface area contributed by atoms with E-state index in [4.69, 9.17) is 14.2 Å². The maximum absolute atomic E-state index is 12.2. The summed E-state index contributed by atoms with van der Waals surface area (Å²) in [5.74, 6) is 2.19. The number of hydrogen-bond donors (Lipinski definition) is 1. The number of carbonyl (C=O) groups excluding carboxylic acids is 1. The quantitative estimate of drug-likeness (QED) is 0.798. The molecule has 0 saturated carbocycles. The van der Waals surface area contributed by atoms with Crippen LogP contribution in [0, 0.1) is 0 Å². The van der Waals surface area contributed by atoms with E-state index in [0.29, 0.717) is 6.54 Å². The summed E-state index contributed by atoms with van der Waals surface area (Å²) in [6, 6.07) is 12.8. The summed E-state index contributed by atoms with van der Waals surface area (Å²) in [6.07, 6.45) is 0. The number of nitrogens with zero attached hydrogens (tertiary/aromatic N) is 1. The van der Waals surface area contributed by atoms with Gasteiger partial charge in [-0.1, -0.05) is 0 Å². The van der Waals surface area contributed by atoms with Crippen LogP contribution in [-0.2, 0) is 11.3 Å². The van der Waals surface area contributed by atoms with E-state index in [1.165, 1.54) is 0 Å². The largest absolute Gasteiger partial charge is 0.497 e. The van der Waals surface area contributed by atoms with Gasteiger partial charge in [-0.3, -0.25) is 9.69 Å². The molecule has 6 nitrogen and oxygen atoms in total. The highest BCUT2D eigenvalue weighted by Gasteiger charge is 2.11. The van der Waals surface area contributed by atoms with Crippen molar-refractivity contribution in [2.45, 2.75) is 6.54 Å². The lowest BCUT2D eigenvalue weighted by Gasteiger charge is -2.18. The van der Waals surface area contributed by atoms with E-state index in [1.54, 1.807) is 33.5 Å². The molecule has 134 valence electrons. The van der Waals surface area contributed by atoms with Crippen LogP contribution >= 0.6 is 0 Å². The number of nitrogens with one attached hydrogen (secondary N) is 1. The molecular formula is C19H24N2O4. The number of hydrogen-bond acceptors (Lipinski definition) is 5. The number of amides is 1. The Morgan fingerprint density at radius 1 is 0.960 bits per heavy atom. The number of carbonyl (C=O) groups is 1. The molecule has 2 aromatic carbocycles. The van der Waals surface area contributed by atoms with Gasteiger partial charge in [-0.25, -0.2) is 0 Å². The van der Waals surface area contributed by atoms with Crippen LogP contribution in [0.4, 0.5) is 5.69 Å². The lowest BCUT2D eigenvalue weighted by Crippen LogP contribution is -2.30. The van der Waals surface area contributed by atoms with Gasteiger partial charge < -0.3 is 19.5 Å². The minimum absolute atomic E-state index is 0.0884. The third-order valence-corrected chi connectivity index (χ3v) is 3.72. The van der Waals surface area contributed by atoms with Gasteiger partial charge in [0.25, 0.3) is 0 Å². The molecule has 0 unspecified atom stereocenters. The number of likely N-dealkylation sites (N-methyl/N-ethyl adjacent to an activating group) is 1. The zero-order valence-electron chi connectivity index (χ0n) is 15.0. The fraction of sp³-hybridized carbons (Fsp3) is 0.316. The van der Waals surface area contributed by atoms with Gasteiger partial charge in [0.05, 0.1) is 27.9 Å². The Labute approximate surface area is 148 Å².